The van der Waals surface area contributed by atoms with Gasteiger partial charge in [-0.25, -0.2) is 4.79 Å². The minimum Gasteiger partial charge on any atom is -0.492 e. The minimum absolute atomic E-state index is 0.0596. The van der Waals surface area contributed by atoms with E-state index in [-0.39, 0.29) is 11.9 Å². The van der Waals surface area contributed by atoms with Gasteiger partial charge in [0.15, 0.2) is 0 Å². The van der Waals surface area contributed by atoms with E-state index < -0.39 is 0 Å². The third kappa shape index (κ3) is 6.98. The molecule has 0 aromatic heterocycles. The summed E-state index contributed by atoms with van der Waals surface area (Å²) in [5.74, 6) is 1.45. The molecule has 2 aromatic carbocycles. The number of likely N-dealkylation sites (tertiary alicyclic amines) is 1. The van der Waals surface area contributed by atoms with Crippen molar-refractivity contribution in [2.45, 2.75) is 57.9 Å². The van der Waals surface area contributed by atoms with Crippen LogP contribution in [0, 0.1) is 5.92 Å². The van der Waals surface area contributed by atoms with Crippen LogP contribution >= 0.6 is 0 Å². The molecule has 2 aliphatic rings. The molecule has 33 heavy (non-hydrogen) atoms. The van der Waals surface area contributed by atoms with E-state index in [0.717, 1.165) is 57.3 Å². The van der Waals surface area contributed by atoms with Crippen molar-refractivity contribution >= 4 is 17.6 Å². The third-order valence-corrected chi connectivity index (χ3v) is 6.46. The summed E-state index contributed by atoms with van der Waals surface area (Å²) in [5.41, 5.74) is 3.26. The first-order chi connectivity index (χ1) is 16.1. The molecule has 3 amide bonds. The molecular weight excluding hydrogens is 414 g/mol. The van der Waals surface area contributed by atoms with E-state index >= 15 is 0 Å². The molecule has 1 heterocycles. The summed E-state index contributed by atoms with van der Waals surface area (Å²) < 4.78 is 5.61. The van der Waals surface area contributed by atoms with Gasteiger partial charge in [0.25, 0.3) is 0 Å². The summed E-state index contributed by atoms with van der Waals surface area (Å²) in [6, 6.07) is 16.6. The van der Waals surface area contributed by atoms with Gasteiger partial charge in [0, 0.05) is 25.6 Å². The van der Waals surface area contributed by atoms with E-state index in [1.807, 2.05) is 36.1 Å². The third-order valence-electron chi connectivity index (χ3n) is 6.46. The zero-order valence-corrected chi connectivity index (χ0v) is 19.5. The summed E-state index contributed by atoms with van der Waals surface area (Å²) in [5, 5.41) is 6.05. The van der Waals surface area contributed by atoms with Gasteiger partial charge in [-0.15, -0.1) is 0 Å². The Bertz CT molecular complexity index is 932. The Hall–Kier alpha value is -3.02. The molecule has 1 saturated heterocycles. The lowest BCUT2D eigenvalue weighted by Crippen LogP contribution is -2.41. The van der Waals surface area contributed by atoms with E-state index in [2.05, 4.69) is 34.9 Å². The molecule has 4 rings (SSSR count). The fourth-order valence-corrected chi connectivity index (χ4v) is 4.35. The summed E-state index contributed by atoms with van der Waals surface area (Å²) in [6.45, 7) is 4.03. The number of carbonyl (C=O) groups is 2. The van der Waals surface area contributed by atoms with Crippen LogP contribution < -0.4 is 15.4 Å². The van der Waals surface area contributed by atoms with E-state index in [1.165, 1.54) is 11.1 Å². The average molecular weight is 450 g/mol. The maximum Gasteiger partial charge on any atom is 0.321 e. The molecule has 0 spiro atoms. The van der Waals surface area contributed by atoms with Crippen LogP contribution in [-0.4, -0.2) is 42.6 Å². The topological polar surface area (TPSA) is 70.7 Å². The van der Waals surface area contributed by atoms with Crippen LogP contribution in [0.25, 0.3) is 0 Å². The highest BCUT2D eigenvalue weighted by molar-refractivity contribution is 5.91. The smallest absolute Gasteiger partial charge is 0.321 e. The zero-order valence-electron chi connectivity index (χ0n) is 19.5. The van der Waals surface area contributed by atoms with Crippen LogP contribution in [-0.2, 0) is 17.6 Å². The number of nitrogens with zero attached hydrogens (tertiary/aromatic N) is 1. The van der Waals surface area contributed by atoms with Crippen molar-refractivity contribution in [1.82, 2.24) is 10.2 Å². The number of nitrogens with one attached hydrogen (secondary N) is 2. The van der Waals surface area contributed by atoms with Gasteiger partial charge in [-0.3, -0.25) is 4.79 Å². The number of urea groups is 1. The number of rotatable bonds is 9. The fourth-order valence-electron chi connectivity index (χ4n) is 4.35. The SMILES string of the molecule is CCOc1ccccc1NC(=O)N1CCC(Cc2ccc(CCC(=O)NC3CC3)cc2)CC1. The van der Waals surface area contributed by atoms with Gasteiger partial charge in [-0.2, -0.15) is 0 Å². The van der Waals surface area contributed by atoms with Crippen molar-refractivity contribution in [2.75, 3.05) is 25.0 Å². The lowest BCUT2D eigenvalue weighted by Gasteiger charge is -2.32. The summed E-state index contributed by atoms with van der Waals surface area (Å²) >= 11 is 0. The predicted molar refractivity (Wildman–Crippen MR) is 131 cm³/mol. The molecule has 0 atom stereocenters. The first-order valence-corrected chi connectivity index (χ1v) is 12.3. The van der Waals surface area contributed by atoms with Gasteiger partial charge in [-0.1, -0.05) is 36.4 Å². The average Bonchev–Trinajstić information content (AvgIpc) is 3.64. The molecule has 0 radical (unpaired) electrons. The Balaban J connectivity index is 1.20. The monoisotopic (exact) mass is 449 g/mol. The van der Waals surface area contributed by atoms with Crippen molar-refractivity contribution in [2.24, 2.45) is 5.92 Å². The molecule has 6 heteroatoms. The molecule has 2 aromatic rings. The number of hydrogen-bond acceptors (Lipinski definition) is 3. The second-order valence-electron chi connectivity index (χ2n) is 9.15. The molecule has 1 aliphatic heterocycles. The van der Waals surface area contributed by atoms with Crippen LogP contribution in [0.3, 0.4) is 0 Å². The van der Waals surface area contributed by atoms with Gasteiger partial charge in [0.2, 0.25) is 5.91 Å². The number of benzene rings is 2. The highest BCUT2D eigenvalue weighted by Gasteiger charge is 2.24. The number of aryl methyl sites for hydroxylation is 1. The quantitative estimate of drug-likeness (QED) is 0.579. The van der Waals surface area contributed by atoms with Crippen LogP contribution in [0.1, 0.15) is 50.2 Å². The Morgan fingerprint density at radius 3 is 2.36 bits per heavy atom. The molecule has 0 bridgehead atoms. The first-order valence-electron chi connectivity index (χ1n) is 12.3. The standard InChI is InChI=1S/C27H35N3O3/c1-2-33-25-6-4-3-5-24(25)29-27(32)30-17-15-22(16-18-30)19-21-9-7-20(8-10-21)11-14-26(31)28-23-12-13-23/h3-10,22-23H,2,11-19H2,1H3,(H,28,31)(H,29,32). The van der Waals surface area contributed by atoms with Gasteiger partial charge >= 0.3 is 6.03 Å². The summed E-state index contributed by atoms with van der Waals surface area (Å²) in [4.78, 5) is 26.5. The molecule has 176 valence electrons. The summed E-state index contributed by atoms with van der Waals surface area (Å²) in [6.07, 6.45) is 6.65. The second kappa shape index (κ2) is 11.2. The van der Waals surface area contributed by atoms with E-state index in [9.17, 15) is 9.59 Å². The van der Waals surface area contributed by atoms with Crippen molar-refractivity contribution in [3.8, 4) is 5.75 Å². The Kier molecular flexibility index (Phi) is 7.87. The number of anilines is 1. The molecular formula is C27H35N3O3. The van der Waals surface area contributed by atoms with Crippen molar-refractivity contribution in [1.29, 1.82) is 0 Å². The highest BCUT2D eigenvalue weighted by atomic mass is 16.5. The molecule has 6 nitrogen and oxygen atoms in total. The number of ether oxygens (including phenoxy) is 1. The van der Waals surface area contributed by atoms with Crippen LogP contribution in [0.2, 0.25) is 0 Å². The van der Waals surface area contributed by atoms with Gasteiger partial charge < -0.3 is 20.3 Å². The van der Waals surface area contributed by atoms with Crippen molar-refractivity contribution < 1.29 is 14.3 Å². The Morgan fingerprint density at radius 2 is 1.67 bits per heavy atom. The van der Waals surface area contributed by atoms with E-state index in [4.69, 9.17) is 4.74 Å². The number of amides is 3. The van der Waals surface area contributed by atoms with Crippen LogP contribution in [0.15, 0.2) is 48.5 Å². The largest absolute Gasteiger partial charge is 0.492 e. The number of hydrogen-bond donors (Lipinski definition) is 2. The van der Waals surface area contributed by atoms with E-state index in [0.29, 0.717) is 30.7 Å². The highest BCUT2D eigenvalue weighted by Crippen LogP contribution is 2.26. The molecule has 2 N–H and O–H groups in total. The Labute approximate surface area is 196 Å². The van der Waals surface area contributed by atoms with Gasteiger partial charge in [0.1, 0.15) is 5.75 Å². The number of para-hydroxylation sites is 2. The lowest BCUT2D eigenvalue weighted by molar-refractivity contribution is -0.121. The minimum atomic E-state index is -0.0596. The number of carbonyl (C=O) groups excluding carboxylic acids is 2. The zero-order chi connectivity index (χ0) is 23.0. The van der Waals surface area contributed by atoms with Crippen molar-refractivity contribution in [3.63, 3.8) is 0 Å². The maximum atomic E-state index is 12.7. The second-order valence-corrected chi connectivity index (χ2v) is 9.15. The van der Waals surface area contributed by atoms with Crippen molar-refractivity contribution in [3.05, 3.63) is 59.7 Å². The predicted octanol–water partition coefficient (Wildman–Crippen LogP) is 4.78. The summed E-state index contributed by atoms with van der Waals surface area (Å²) in [7, 11) is 0. The van der Waals surface area contributed by atoms with Gasteiger partial charge in [-0.05, 0) is 74.6 Å². The molecule has 1 saturated carbocycles. The van der Waals surface area contributed by atoms with Crippen LogP contribution in [0.4, 0.5) is 10.5 Å². The Morgan fingerprint density at radius 1 is 0.970 bits per heavy atom. The van der Waals surface area contributed by atoms with Gasteiger partial charge in [0.05, 0.1) is 12.3 Å². The molecule has 1 aliphatic carbocycles. The number of piperidine rings is 1. The normalized spacial score (nSPS) is 16.3. The fraction of sp³-hybridized carbons (Fsp3) is 0.481. The molecule has 0 unspecified atom stereocenters. The first kappa shape index (κ1) is 23.1. The molecule has 2 fully saturated rings. The maximum absolute atomic E-state index is 12.7. The lowest BCUT2D eigenvalue weighted by atomic mass is 9.90. The van der Waals surface area contributed by atoms with Crippen LogP contribution in [0.5, 0.6) is 5.75 Å². The van der Waals surface area contributed by atoms with E-state index in [1.54, 1.807) is 0 Å².